The predicted octanol–water partition coefficient (Wildman–Crippen LogP) is 3.52. The molecule has 5 heteroatoms. The Morgan fingerprint density at radius 3 is 2.60 bits per heavy atom. The molecule has 1 aromatic heterocycles. The predicted molar refractivity (Wildman–Crippen MR) is 76.3 cm³/mol. The van der Waals surface area contributed by atoms with Crippen molar-refractivity contribution in [2.75, 3.05) is 0 Å². The molecule has 0 bridgehead atoms. The molecule has 0 unspecified atom stereocenters. The van der Waals surface area contributed by atoms with Crippen LogP contribution in [0, 0.1) is 0 Å². The molecule has 0 fully saturated rings. The summed E-state index contributed by atoms with van der Waals surface area (Å²) in [6.07, 6.45) is 1.31. The van der Waals surface area contributed by atoms with E-state index in [2.05, 4.69) is 0 Å². The summed E-state index contributed by atoms with van der Waals surface area (Å²) in [7, 11) is 0. The molecule has 0 saturated carbocycles. The minimum absolute atomic E-state index is 0.0288. The minimum Gasteiger partial charge on any atom is -0.508 e. The molecule has 0 spiro atoms. The second-order valence-corrected chi connectivity index (χ2v) is 4.73. The molecule has 1 heterocycles. The van der Waals surface area contributed by atoms with Gasteiger partial charge < -0.3 is 14.6 Å². The fourth-order valence-electron chi connectivity index (χ4n) is 1.99. The Hall–Kier alpha value is -2.46. The Bertz CT molecular complexity index is 867. The van der Waals surface area contributed by atoms with E-state index in [1.807, 2.05) is 0 Å². The van der Waals surface area contributed by atoms with Crippen molar-refractivity contribution in [2.24, 2.45) is 0 Å². The number of phenols is 2. The number of benzene rings is 2. The van der Waals surface area contributed by atoms with Gasteiger partial charge in [-0.2, -0.15) is 0 Å². The molecule has 4 nitrogen and oxygen atoms in total. The Balaban J connectivity index is 2.27. The molecular formula is C15H9ClO4. The first-order chi connectivity index (χ1) is 9.56. The monoisotopic (exact) mass is 288 g/mol. The van der Waals surface area contributed by atoms with Crippen molar-refractivity contribution >= 4 is 22.6 Å². The number of hydrogen-bond donors (Lipinski definition) is 2. The van der Waals surface area contributed by atoms with Crippen LogP contribution in [0.2, 0.25) is 5.02 Å². The lowest BCUT2D eigenvalue weighted by Gasteiger charge is -2.04. The van der Waals surface area contributed by atoms with Gasteiger partial charge in [0.25, 0.3) is 0 Å². The third-order valence-corrected chi connectivity index (χ3v) is 3.32. The highest BCUT2D eigenvalue weighted by Crippen LogP contribution is 2.29. The van der Waals surface area contributed by atoms with Gasteiger partial charge in [0.15, 0.2) is 5.43 Å². The normalized spacial score (nSPS) is 10.8. The van der Waals surface area contributed by atoms with E-state index in [9.17, 15) is 15.0 Å². The number of rotatable bonds is 1. The van der Waals surface area contributed by atoms with Crippen LogP contribution in [0.1, 0.15) is 0 Å². The van der Waals surface area contributed by atoms with Gasteiger partial charge >= 0.3 is 0 Å². The third-order valence-electron chi connectivity index (χ3n) is 3.02. The van der Waals surface area contributed by atoms with Crippen molar-refractivity contribution < 1.29 is 14.6 Å². The topological polar surface area (TPSA) is 70.7 Å². The van der Waals surface area contributed by atoms with Gasteiger partial charge in [-0.25, -0.2) is 0 Å². The van der Waals surface area contributed by atoms with Gasteiger partial charge in [-0.05, 0) is 29.8 Å². The quantitative estimate of drug-likeness (QED) is 0.718. The molecule has 0 amide bonds. The Labute approximate surface area is 118 Å². The molecule has 0 atom stereocenters. The van der Waals surface area contributed by atoms with E-state index in [1.54, 1.807) is 6.07 Å². The zero-order valence-corrected chi connectivity index (χ0v) is 10.9. The van der Waals surface area contributed by atoms with Crippen LogP contribution in [0.5, 0.6) is 11.5 Å². The highest BCUT2D eigenvalue weighted by molar-refractivity contribution is 6.32. The van der Waals surface area contributed by atoms with E-state index in [0.717, 1.165) is 0 Å². The Morgan fingerprint density at radius 1 is 1.05 bits per heavy atom. The molecule has 0 aliphatic heterocycles. The highest BCUT2D eigenvalue weighted by atomic mass is 35.5. The average Bonchev–Trinajstić information content (AvgIpc) is 2.42. The summed E-state index contributed by atoms with van der Waals surface area (Å²) in [6.45, 7) is 0. The van der Waals surface area contributed by atoms with Crippen LogP contribution in [0.25, 0.3) is 22.1 Å². The van der Waals surface area contributed by atoms with E-state index < -0.39 is 0 Å². The maximum Gasteiger partial charge on any atom is 0.200 e. The van der Waals surface area contributed by atoms with Crippen LogP contribution < -0.4 is 5.43 Å². The summed E-state index contributed by atoms with van der Waals surface area (Å²) in [6, 6.07) is 8.80. The van der Waals surface area contributed by atoms with Crippen molar-refractivity contribution in [1.82, 2.24) is 0 Å². The molecule has 100 valence electrons. The molecular weight excluding hydrogens is 280 g/mol. The number of fused-ring (bicyclic) bond motifs is 1. The molecule has 0 aliphatic carbocycles. The number of phenolic OH excluding ortho intramolecular Hbond substituents is 2. The number of hydrogen-bond acceptors (Lipinski definition) is 4. The van der Waals surface area contributed by atoms with Crippen LogP contribution >= 0.6 is 11.6 Å². The maximum atomic E-state index is 12.4. The third kappa shape index (κ3) is 2.00. The molecule has 3 aromatic rings. The second kappa shape index (κ2) is 4.58. The van der Waals surface area contributed by atoms with Gasteiger partial charge in [-0.1, -0.05) is 17.7 Å². The minimum atomic E-state index is -0.229. The lowest BCUT2D eigenvalue weighted by atomic mass is 10.1. The molecule has 3 rings (SSSR count). The smallest absolute Gasteiger partial charge is 0.200 e. The van der Waals surface area contributed by atoms with Crippen molar-refractivity contribution in [2.45, 2.75) is 0 Å². The van der Waals surface area contributed by atoms with Gasteiger partial charge in [0.2, 0.25) is 0 Å². The van der Waals surface area contributed by atoms with Gasteiger partial charge in [-0.15, -0.1) is 0 Å². The van der Waals surface area contributed by atoms with E-state index in [-0.39, 0.29) is 22.0 Å². The van der Waals surface area contributed by atoms with Crippen LogP contribution in [0.4, 0.5) is 0 Å². The average molecular weight is 289 g/mol. The fourth-order valence-corrected chi connectivity index (χ4v) is 2.17. The summed E-state index contributed by atoms with van der Waals surface area (Å²) >= 11 is 5.84. The summed E-state index contributed by atoms with van der Waals surface area (Å²) in [5.41, 5.74) is 0.971. The molecule has 20 heavy (non-hydrogen) atoms. The standard InChI is InChI=1S/C15H9ClO4/c16-12-5-8(1-4-13(12)18)11-7-20-14-6-9(17)2-3-10(14)15(11)19/h1-7,17-18H. The van der Waals surface area contributed by atoms with Crippen LogP contribution in [-0.4, -0.2) is 10.2 Å². The van der Waals surface area contributed by atoms with Crippen LogP contribution in [0.3, 0.4) is 0 Å². The summed E-state index contributed by atoms with van der Waals surface area (Å²) in [5.74, 6) is -0.0217. The highest BCUT2D eigenvalue weighted by Gasteiger charge is 2.11. The van der Waals surface area contributed by atoms with Crippen LogP contribution in [-0.2, 0) is 0 Å². The largest absolute Gasteiger partial charge is 0.508 e. The summed E-state index contributed by atoms with van der Waals surface area (Å²) < 4.78 is 5.36. The van der Waals surface area contributed by atoms with E-state index in [0.29, 0.717) is 22.1 Å². The first kappa shape index (κ1) is 12.6. The Morgan fingerprint density at radius 2 is 1.85 bits per heavy atom. The van der Waals surface area contributed by atoms with E-state index in [4.69, 9.17) is 16.0 Å². The number of aromatic hydroxyl groups is 2. The maximum absolute atomic E-state index is 12.4. The zero-order chi connectivity index (χ0) is 14.3. The lowest BCUT2D eigenvalue weighted by Crippen LogP contribution is -2.04. The van der Waals surface area contributed by atoms with Crippen molar-refractivity contribution in [3.63, 3.8) is 0 Å². The summed E-state index contributed by atoms with van der Waals surface area (Å²) in [4.78, 5) is 12.4. The van der Waals surface area contributed by atoms with E-state index in [1.165, 1.54) is 36.6 Å². The van der Waals surface area contributed by atoms with Crippen LogP contribution in [0.15, 0.2) is 51.9 Å². The van der Waals surface area contributed by atoms with Gasteiger partial charge in [0.05, 0.1) is 16.0 Å². The van der Waals surface area contributed by atoms with Crippen molar-refractivity contribution in [1.29, 1.82) is 0 Å². The lowest BCUT2D eigenvalue weighted by molar-refractivity contribution is 0.473. The van der Waals surface area contributed by atoms with Gasteiger partial charge in [-0.3, -0.25) is 4.79 Å². The second-order valence-electron chi connectivity index (χ2n) is 4.33. The molecule has 0 radical (unpaired) electrons. The molecule has 0 aliphatic rings. The first-order valence-electron chi connectivity index (χ1n) is 5.79. The molecule has 2 aromatic carbocycles. The SMILES string of the molecule is O=c1c(-c2ccc(O)c(Cl)c2)coc2cc(O)ccc12. The first-order valence-corrected chi connectivity index (χ1v) is 6.17. The van der Waals surface area contributed by atoms with Crippen molar-refractivity contribution in [3.05, 3.63) is 57.9 Å². The van der Waals surface area contributed by atoms with E-state index >= 15 is 0 Å². The fraction of sp³-hybridized carbons (Fsp3) is 0. The Kier molecular flexibility index (Phi) is 2.88. The van der Waals surface area contributed by atoms with Gasteiger partial charge in [0.1, 0.15) is 23.3 Å². The molecule has 0 saturated heterocycles. The molecule has 2 N–H and O–H groups in total. The summed E-state index contributed by atoms with van der Waals surface area (Å²) in [5, 5.41) is 19.3. The zero-order valence-electron chi connectivity index (χ0n) is 10.1. The van der Waals surface area contributed by atoms with Gasteiger partial charge in [0, 0.05) is 6.07 Å². The number of halogens is 1. The van der Waals surface area contributed by atoms with Crippen molar-refractivity contribution in [3.8, 4) is 22.6 Å².